The van der Waals surface area contributed by atoms with Crippen molar-refractivity contribution < 1.29 is 4.80 Å². The van der Waals surface area contributed by atoms with Crippen molar-refractivity contribution in [2.45, 2.75) is 6.92 Å². The number of hydrogen-bond acceptors (Lipinski definition) is 1. The molecule has 0 radical (unpaired) electrons. The molecule has 0 aromatic carbocycles. The first-order valence-electron chi connectivity index (χ1n) is 1.42. The molecule has 0 saturated carbocycles. The average molecular weight is 86.2 g/mol. The molecule has 0 bridgehead atoms. The highest BCUT2D eigenvalue weighted by atomic mass is 28.2. The zero-order chi connectivity index (χ0) is 4.12. The van der Waals surface area contributed by atoms with Crippen molar-refractivity contribution in [2.24, 2.45) is 0 Å². The fourth-order valence-corrected chi connectivity index (χ4v) is 0.237. The van der Waals surface area contributed by atoms with Crippen molar-refractivity contribution in [3.8, 4) is 11.5 Å². The monoisotopic (exact) mass is 86.0 g/mol. The highest BCUT2D eigenvalue weighted by molar-refractivity contribution is 6.36. The second-order valence-corrected chi connectivity index (χ2v) is 1.25. The van der Waals surface area contributed by atoms with Gasteiger partial charge in [0, 0.05) is 0 Å². The minimum atomic E-state index is -0.947. The minimum absolute atomic E-state index is 0.947. The van der Waals surface area contributed by atoms with Crippen LogP contribution in [0.25, 0.3) is 0 Å². The third-order valence-corrected chi connectivity index (χ3v) is 0.768. The fraction of sp³-hybridized carbons (Fsp3) is 0.333. The van der Waals surface area contributed by atoms with Gasteiger partial charge in [-0.25, -0.2) is 0 Å². The van der Waals surface area contributed by atoms with Gasteiger partial charge < -0.3 is 4.80 Å². The zero-order valence-corrected chi connectivity index (χ0v) is 4.57. The van der Waals surface area contributed by atoms with Crippen LogP contribution in [0.4, 0.5) is 0 Å². The van der Waals surface area contributed by atoms with Crippen LogP contribution in [0.5, 0.6) is 0 Å². The lowest BCUT2D eigenvalue weighted by Crippen LogP contribution is -1.75. The summed E-state index contributed by atoms with van der Waals surface area (Å²) in [6.45, 7) is 1.73. The van der Waals surface area contributed by atoms with Gasteiger partial charge in [0.25, 0.3) is 0 Å². The first-order chi connectivity index (χ1) is 2.41. The van der Waals surface area contributed by atoms with E-state index in [0.29, 0.717) is 0 Å². The fourth-order valence-electron chi connectivity index (χ4n) is 0.0791. The predicted octanol–water partition coefficient (Wildman–Crippen LogP) is -0.957. The Labute approximate surface area is 34.0 Å². The van der Waals surface area contributed by atoms with E-state index in [-0.39, 0.29) is 0 Å². The Morgan fingerprint density at radius 1 is 1.80 bits per heavy atom. The van der Waals surface area contributed by atoms with Crippen LogP contribution in [0.1, 0.15) is 6.92 Å². The Morgan fingerprint density at radius 2 is 2.40 bits per heavy atom. The summed E-state index contributed by atoms with van der Waals surface area (Å²) in [7, 11) is -0.947. The maximum Gasteiger partial charge on any atom is 0.236 e. The van der Waals surface area contributed by atoms with Gasteiger partial charge in [-0.2, -0.15) is 0 Å². The molecule has 0 aliphatic rings. The Kier molecular flexibility index (Phi) is 3.54. The molecular weight excluding hydrogens is 80.1 g/mol. The second kappa shape index (κ2) is 3.74. The van der Waals surface area contributed by atoms with Gasteiger partial charge in [-0.3, -0.25) is 0 Å². The quantitative estimate of drug-likeness (QED) is 0.297. The molecule has 0 aliphatic carbocycles. The molecule has 0 amide bonds. The van der Waals surface area contributed by atoms with E-state index in [0.717, 1.165) is 0 Å². The molecule has 28 valence electrons. The number of hydrogen-bond donors (Lipinski definition) is 1. The smallest absolute Gasteiger partial charge is 0.236 e. The van der Waals surface area contributed by atoms with Crippen molar-refractivity contribution in [1.82, 2.24) is 0 Å². The lowest BCUT2D eigenvalue weighted by Gasteiger charge is -1.57. The number of rotatable bonds is 0. The molecule has 0 unspecified atom stereocenters. The summed E-state index contributed by atoms with van der Waals surface area (Å²) in [6, 6.07) is 0. The third kappa shape index (κ3) is 3.74. The molecule has 0 aromatic rings. The Hall–Kier alpha value is -0.263. The van der Waals surface area contributed by atoms with E-state index in [9.17, 15) is 0 Å². The Bertz CT molecular complexity index is 59.0. The lowest BCUT2D eigenvalue weighted by molar-refractivity contribution is 0.616. The predicted molar refractivity (Wildman–Crippen MR) is 24.2 cm³/mol. The van der Waals surface area contributed by atoms with E-state index in [1.807, 2.05) is 0 Å². The molecule has 0 rings (SSSR count). The summed E-state index contributed by atoms with van der Waals surface area (Å²) in [5.41, 5.74) is 2.56. The van der Waals surface area contributed by atoms with Crippen molar-refractivity contribution >= 4 is 9.76 Å². The van der Waals surface area contributed by atoms with Crippen LogP contribution >= 0.6 is 0 Å². The van der Waals surface area contributed by atoms with Crippen LogP contribution in [0.15, 0.2) is 0 Å². The van der Waals surface area contributed by atoms with Crippen molar-refractivity contribution in [2.75, 3.05) is 0 Å². The van der Waals surface area contributed by atoms with Crippen LogP contribution in [0.2, 0.25) is 0 Å². The van der Waals surface area contributed by atoms with E-state index in [4.69, 9.17) is 4.80 Å². The van der Waals surface area contributed by atoms with Gasteiger partial charge in [-0.1, -0.05) is 0 Å². The molecule has 1 nitrogen and oxygen atoms in total. The van der Waals surface area contributed by atoms with Gasteiger partial charge in [0.15, 0.2) is 0 Å². The maximum absolute atomic E-state index is 8.03. The largest absolute Gasteiger partial charge is 0.426 e. The van der Waals surface area contributed by atoms with Gasteiger partial charge in [-0.15, -0.1) is 11.5 Å². The Morgan fingerprint density at radius 3 is 2.40 bits per heavy atom. The molecule has 0 heterocycles. The van der Waals surface area contributed by atoms with Gasteiger partial charge in [0.1, 0.15) is 0 Å². The molecule has 0 aromatic heterocycles. The summed E-state index contributed by atoms with van der Waals surface area (Å²) in [5, 5.41) is 0. The summed E-state index contributed by atoms with van der Waals surface area (Å²) in [6.07, 6.45) is 0. The molecule has 2 heteroatoms. The normalized spacial score (nSPS) is 7.60. The molecule has 0 atom stereocenters. The first-order valence-corrected chi connectivity index (χ1v) is 2.76. The summed E-state index contributed by atoms with van der Waals surface area (Å²) < 4.78 is 0. The molecular formula is C3H6OSi. The molecule has 0 spiro atoms. The molecule has 1 N–H and O–H groups in total. The highest BCUT2D eigenvalue weighted by Crippen LogP contribution is 1.40. The lowest BCUT2D eigenvalue weighted by atomic mass is 10.8. The van der Waals surface area contributed by atoms with E-state index in [2.05, 4.69) is 11.5 Å². The van der Waals surface area contributed by atoms with Crippen LogP contribution in [-0.4, -0.2) is 14.6 Å². The van der Waals surface area contributed by atoms with Crippen LogP contribution in [0.3, 0.4) is 0 Å². The van der Waals surface area contributed by atoms with E-state index in [1.54, 1.807) is 6.92 Å². The van der Waals surface area contributed by atoms with Gasteiger partial charge in [-0.05, 0) is 6.92 Å². The van der Waals surface area contributed by atoms with Gasteiger partial charge in [0.05, 0.1) is 0 Å². The maximum atomic E-state index is 8.03. The van der Waals surface area contributed by atoms with Gasteiger partial charge in [0.2, 0.25) is 9.76 Å². The Balaban J connectivity index is 2.81. The van der Waals surface area contributed by atoms with Crippen molar-refractivity contribution in [3.05, 3.63) is 0 Å². The average Bonchev–Trinajstić information content (AvgIpc) is 1.41. The van der Waals surface area contributed by atoms with Crippen LogP contribution < -0.4 is 0 Å². The third-order valence-electron chi connectivity index (χ3n) is 0.256. The van der Waals surface area contributed by atoms with Crippen molar-refractivity contribution in [1.29, 1.82) is 0 Å². The summed E-state index contributed by atoms with van der Waals surface area (Å²) in [4.78, 5) is 8.03. The SMILES string of the molecule is CC#C[SiH2]O. The van der Waals surface area contributed by atoms with E-state index < -0.39 is 9.76 Å². The first kappa shape index (κ1) is 4.74. The van der Waals surface area contributed by atoms with Crippen LogP contribution in [-0.2, 0) is 0 Å². The highest BCUT2D eigenvalue weighted by Gasteiger charge is 1.53. The summed E-state index contributed by atoms with van der Waals surface area (Å²) >= 11 is 0. The standard InChI is InChI=1S/C3H6OSi/c1-2-3-5-4/h4H,5H2,1H3. The van der Waals surface area contributed by atoms with Crippen LogP contribution in [0, 0.1) is 11.5 Å². The minimum Gasteiger partial charge on any atom is -0.426 e. The molecule has 0 saturated heterocycles. The van der Waals surface area contributed by atoms with Crippen molar-refractivity contribution in [3.63, 3.8) is 0 Å². The summed E-state index contributed by atoms with van der Waals surface area (Å²) in [5.74, 6) is 2.58. The van der Waals surface area contributed by atoms with Gasteiger partial charge >= 0.3 is 0 Å². The molecule has 5 heavy (non-hydrogen) atoms. The topological polar surface area (TPSA) is 20.2 Å². The van der Waals surface area contributed by atoms with E-state index in [1.165, 1.54) is 0 Å². The second-order valence-electron chi connectivity index (χ2n) is 0.585. The molecule has 0 aliphatic heterocycles. The molecule has 0 fully saturated rings. The van der Waals surface area contributed by atoms with E-state index >= 15 is 0 Å². The zero-order valence-electron chi connectivity index (χ0n) is 3.15.